The van der Waals surface area contributed by atoms with Crippen LogP contribution >= 0.6 is 0 Å². The molecule has 0 spiro atoms. The van der Waals surface area contributed by atoms with E-state index in [1.165, 1.54) is 15.5 Å². The van der Waals surface area contributed by atoms with E-state index in [0.717, 1.165) is 18.2 Å². The number of carbonyl (C=O) groups is 1. The summed E-state index contributed by atoms with van der Waals surface area (Å²) < 4.78 is 33.7. The molecule has 2 atom stereocenters. The maximum atomic E-state index is 13.3. The number of aromatic nitrogens is 1. The number of piperidine rings is 1. The van der Waals surface area contributed by atoms with Gasteiger partial charge in [-0.25, -0.2) is 13.6 Å². The first-order chi connectivity index (χ1) is 12.3. The van der Waals surface area contributed by atoms with Crippen LogP contribution in [0.5, 0.6) is 5.75 Å². The van der Waals surface area contributed by atoms with Gasteiger partial charge in [-0.1, -0.05) is 6.07 Å². The summed E-state index contributed by atoms with van der Waals surface area (Å²) in [4.78, 5) is 24.4. The van der Waals surface area contributed by atoms with Gasteiger partial charge < -0.3 is 19.3 Å². The third-order valence-corrected chi connectivity index (χ3v) is 4.43. The second-order valence-electron chi connectivity index (χ2n) is 6.27. The number of hydrogen-bond donors (Lipinski definition) is 1. The number of amides is 1. The van der Waals surface area contributed by atoms with Crippen molar-refractivity contribution in [1.29, 1.82) is 0 Å². The van der Waals surface area contributed by atoms with Gasteiger partial charge in [0.25, 0.3) is 0 Å². The summed E-state index contributed by atoms with van der Waals surface area (Å²) in [6, 6.07) is 5.39. The predicted molar refractivity (Wildman–Crippen MR) is 89.2 cm³/mol. The van der Waals surface area contributed by atoms with Crippen molar-refractivity contribution >= 4 is 6.09 Å². The minimum atomic E-state index is -1.07. The third-order valence-electron chi connectivity index (χ3n) is 4.43. The van der Waals surface area contributed by atoms with Crippen molar-refractivity contribution in [3.05, 3.63) is 64.1 Å². The molecule has 0 radical (unpaired) electrons. The van der Waals surface area contributed by atoms with Crippen molar-refractivity contribution in [2.45, 2.75) is 25.0 Å². The fraction of sp³-hybridized carbons (Fsp3) is 0.333. The van der Waals surface area contributed by atoms with Crippen molar-refractivity contribution in [3.8, 4) is 5.75 Å². The highest BCUT2D eigenvalue weighted by Gasteiger charge is 2.34. The molecule has 0 bridgehead atoms. The number of pyridine rings is 1. The van der Waals surface area contributed by atoms with Gasteiger partial charge in [0, 0.05) is 56.9 Å². The maximum absolute atomic E-state index is 13.3. The van der Waals surface area contributed by atoms with Gasteiger partial charge in [0.15, 0.2) is 0 Å². The molecule has 1 aliphatic heterocycles. The van der Waals surface area contributed by atoms with Crippen molar-refractivity contribution in [2.24, 2.45) is 7.05 Å². The number of ether oxygens (including phenoxy) is 1. The number of benzene rings is 1. The molecule has 1 saturated heterocycles. The summed E-state index contributed by atoms with van der Waals surface area (Å²) in [6.45, 7) is 0.214. The van der Waals surface area contributed by atoms with Crippen LogP contribution in [0.25, 0.3) is 0 Å². The average Bonchev–Trinajstić information content (AvgIpc) is 2.56. The van der Waals surface area contributed by atoms with E-state index < -0.39 is 29.9 Å². The molecule has 6 nitrogen and oxygen atoms in total. The van der Waals surface area contributed by atoms with Crippen LogP contribution < -0.4 is 10.3 Å². The van der Waals surface area contributed by atoms with Gasteiger partial charge >= 0.3 is 6.09 Å². The highest BCUT2D eigenvalue weighted by molar-refractivity contribution is 5.66. The largest absolute Gasteiger partial charge is 0.490 e. The van der Waals surface area contributed by atoms with E-state index >= 15 is 0 Å². The first kappa shape index (κ1) is 17.9. The lowest BCUT2D eigenvalue weighted by atomic mass is 9.94. The van der Waals surface area contributed by atoms with Crippen LogP contribution in [0.1, 0.15) is 24.4 Å². The summed E-state index contributed by atoms with van der Waals surface area (Å²) in [5.74, 6) is -1.41. The fourth-order valence-electron chi connectivity index (χ4n) is 3.19. The van der Waals surface area contributed by atoms with Gasteiger partial charge in [-0.15, -0.1) is 0 Å². The van der Waals surface area contributed by atoms with Crippen molar-refractivity contribution in [3.63, 3.8) is 0 Å². The molecule has 0 aliphatic carbocycles. The molecule has 2 aromatic rings. The van der Waals surface area contributed by atoms with E-state index in [1.807, 2.05) is 0 Å². The zero-order valence-corrected chi connectivity index (χ0v) is 14.1. The molecule has 1 fully saturated rings. The van der Waals surface area contributed by atoms with Crippen molar-refractivity contribution < 1.29 is 23.4 Å². The molecular formula is C18H18F2N2O4. The summed E-state index contributed by atoms with van der Waals surface area (Å²) in [6.07, 6.45) is 0.816. The predicted octanol–water partition coefficient (Wildman–Crippen LogP) is 2.93. The molecular weight excluding hydrogens is 346 g/mol. The molecule has 1 N–H and O–H groups in total. The molecule has 1 amide bonds. The summed E-state index contributed by atoms with van der Waals surface area (Å²) in [5.41, 5.74) is 0.461. The lowest BCUT2D eigenvalue weighted by Crippen LogP contribution is -2.43. The molecule has 2 unspecified atom stereocenters. The summed E-state index contributed by atoms with van der Waals surface area (Å²) >= 11 is 0. The first-order valence-corrected chi connectivity index (χ1v) is 8.12. The Morgan fingerprint density at radius 3 is 2.54 bits per heavy atom. The number of likely N-dealkylation sites (tertiary alicyclic amines) is 1. The van der Waals surface area contributed by atoms with Crippen LogP contribution in [0.4, 0.5) is 13.6 Å². The molecule has 2 heterocycles. The normalized spacial score (nSPS) is 20.0. The number of rotatable bonds is 3. The number of halogens is 2. The van der Waals surface area contributed by atoms with Crippen LogP contribution in [-0.4, -0.2) is 33.3 Å². The molecule has 138 valence electrons. The Kier molecular flexibility index (Phi) is 4.92. The molecule has 1 aliphatic rings. The van der Waals surface area contributed by atoms with E-state index in [2.05, 4.69) is 0 Å². The quantitative estimate of drug-likeness (QED) is 0.909. The Morgan fingerprint density at radius 2 is 1.92 bits per heavy atom. The smallest absolute Gasteiger partial charge is 0.407 e. The van der Waals surface area contributed by atoms with E-state index in [-0.39, 0.29) is 17.9 Å². The first-order valence-electron chi connectivity index (χ1n) is 8.12. The molecule has 1 aromatic heterocycles. The van der Waals surface area contributed by atoms with E-state index in [9.17, 15) is 23.5 Å². The van der Waals surface area contributed by atoms with Gasteiger partial charge in [0.1, 0.15) is 23.5 Å². The van der Waals surface area contributed by atoms with Gasteiger partial charge in [-0.2, -0.15) is 0 Å². The van der Waals surface area contributed by atoms with E-state index in [1.54, 1.807) is 19.3 Å². The maximum Gasteiger partial charge on any atom is 0.407 e. The Bertz CT molecular complexity index is 863. The average molecular weight is 364 g/mol. The van der Waals surface area contributed by atoms with Crippen molar-refractivity contribution in [1.82, 2.24) is 9.47 Å². The molecule has 3 rings (SSSR count). The second-order valence-corrected chi connectivity index (χ2v) is 6.27. The molecule has 26 heavy (non-hydrogen) atoms. The lowest BCUT2D eigenvalue weighted by Gasteiger charge is -2.38. The van der Waals surface area contributed by atoms with Crippen LogP contribution in [0, 0.1) is 11.6 Å². The van der Waals surface area contributed by atoms with Crippen molar-refractivity contribution in [2.75, 3.05) is 6.54 Å². The summed E-state index contributed by atoms with van der Waals surface area (Å²) in [7, 11) is 1.59. The van der Waals surface area contributed by atoms with E-state index in [0.29, 0.717) is 18.4 Å². The highest BCUT2D eigenvalue weighted by Crippen LogP contribution is 2.33. The standard InChI is InChI=1S/C18H18F2N2O4/c1-21-10-11(2-3-17(21)23)16-9-14(4-5-22(16)18(24)25)26-15-7-12(19)6-13(20)8-15/h2-3,6-8,10,14,16H,4-5,9H2,1H3,(H,24,25). The SMILES string of the molecule is Cn1cc(C2CC(Oc3cc(F)cc(F)c3)CCN2C(=O)O)ccc1=O. The van der Waals surface area contributed by atoms with Gasteiger partial charge in [-0.3, -0.25) is 4.79 Å². The topological polar surface area (TPSA) is 71.8 Å². The Balaban J connectivity index is 1.84. The van der Waals surface area contributed by atoms with Gasteiger partial charge in [0.05, 0.1) is 6.04 Å². The van der Waals surface area contributed by atoms with Crippen LogP contribution in [-0.2, 0) is 7.05 Å². The minimum absolute atomic E-state index is 0.0653. The third kappa shape index (κ3) is 3.84. The fourth-order valence-corrected chi connectivity index (χ4v) is 3.19. The summed E-state index contributed by atoms with van der Waals surface area (Å²) in [5, 5.41) is 9.46. The Morgan fingerprint density at radius 1 is 1.23 bits per heavy atom. The van der Waals surface area contributed by atoms with Crippen LogP contribution in [0.15, 0.2) is 41.3 Å². The number of hydrogen-bond acceptors (Lipinski definition) is 3. The number of aryl methyl sites for hydroxylation is 1. The van der Waals surface area contributed by atoms with Crippen LogP contribution in [0.3, 0.4) is 0 Å². The molecule has 8 heteroatoms. The van der Waals surface area contributed by atoms with Crippen LogP contribution in [0.2, 0.25) is 0 Å². The minimum Gasteiger partial charge on any atom is -0.490 e. The molecule has 1 aromatic carbocycles. The number of carboxylic acid groups (broad SMARTS) is 1. The van der Waals surface area contributed by atoms with E-state index in [4.69, 9.17) is 4.74 Å². The molecule has 0 saturated carbocycles. The monoisotopic (exact) mass is 364 g/mol. The Hall–Kier alpha value is -2.90. The second kappa shape index (κ2) is 7.15. The zero-order chi connectivity index (χ0) is 18.8. The van der Waals surface area contributed by atoms with Gasteiger partial charge in [-0.05, 0) is 5.56 Å². The Labute approximate surface area is 148 Å². The zero-order valence-electron chi connectivity index (χ0n) is 14.1. The van der Waals surface area contributed by atoms with Gasteiger partial charge in [0.2, 0.25) is 5.56 Å². The lowest BCUT2D eigenvalue weighted by molar-refractivity contribution is 0.0535. The number of nitrogens with zero attached hydrogens (tertiary/aromatic N) is 2. The highest BCUT2D eigenvalue weighted by atomic mass is 19.1.